The molecule has 0 bridgehead atoms. The molecule has 0 aromatic heterocycles. The standard InChI is InChI=1S/C23H22N2O5/c26-20(14-25-22(28)18-8-4-5-9-19(18)23(25)29)30-17-12-10-16(11-13-17)24-21(27)15-6-2-1-3-7-15/h1-3,6-7,10-13,18-19H,4-5,8-9,14H2,(H,24,27). The summed E-state index contributed by atoms with van der Waals surface area (Å²) in [4.78, 5) is 50.4. The molecule has 1 saturated carbocycles. The van der Waals surface area contributed by atoms with E-state index in [1.807, 2.05) is 6.07 Å². The minimum Gasteiger partial charge on any atom is -0.425 e. The van der Waals surface area contributed by atoms with E-state index in [-0.39, 0.29) is 41.9 Å². The van der Waals surface area contributed by atoms with Crippen LogP contribution in [-0.4, -0.2) is 35.1 Å². The van der Waals surface area contributed by atoms with Gasteiger partial charge in [-0.25, -0.2) is 4.79 Å². The third-order valence-corrected chi connectivity index (χ3v) is 5.60. The van der Waals surface area contributed by atoms with Crippen molar-refractivity contribution >= 4 is 29.4 Å². The van der Waals surface area contributed by atoms with Gasteiger partial charge in [-0.1, -0.05) is 31.0 Å². The van der Waals surface area contributed by atoms with E-state index < -0.39 is 5.97 Å². The van der Waals surface area contributed by atoms with Crippen LogP contribution < -0.4 is 10.1 Å². The van der Waals surface area contributed by atoms with Crippen LogP contribution >= 0.6 is 0 Å². The first-order valence-corrected chi connectivity index (χ1v) is 10.1. The summed E-state index contributed by atoms with van der Waals surface area (Å²) in [5, 5.41) is 2.76. The number of nitrogens with one attached hydrogen (secondary N) is 1. The van der Waals surface area contributed by atoms with Crippen LogP contribution in [0.25, 0.3) is 0 Å². The quantitative estimate of drug-likeness (QED) is 0.468. The van der Waals surface area contributed by atoms with Crippen LogP contribution in [-0.2, 0) is 14.4 Å². The zero-order valence-corrected chi connectivity index (χ0v) is 16.4. The molecule has 1 aliphatic heterocycles. The zero-order chi connectivity index (χ0) is 21.1. The van der Waals surface area contributed by atoms with E-state index in [4.69, 9.17) is 4.74 Å². The smallest absolute Gasteiger partial charge is 0.331 e. The summed E-state index contributed by atoms with van der Waals surface area (Å²) in [6, 6.07) is 15.1. The Hall–Kier alpha value is -3.48. The Bertz CT molecular complexity index is 947. The SMILES string of the molecule is O=C(CN1C(=O)C2CCCCC2C1=O)Oc1ccc(NC(=O)c2ccccc2)cc1. The molecule has 2 aromatic rings. The van der Waals surface area contributed by atoms with Crippen molar-refractivity contribution in [1.82, 2.24) is 4.90 Å². The first-order chi connectivity index (χ1) is 14.5. The molecule has 2 unspecified atom stereocenters. The summed E-state index contributed by atoms with van der Waals surface area (Å²) in [5.41, 5.74) is 1.09. The lowest BCUT2D eigenvalue weighted by molar-refractivity contribution is -0.148. The Kier molecular flexibility index (Phi) is 5.61. The monoisotopic (exact) mass is 406 g/mol. The average Bonchev–Trinajstić information content (AvgIpc) is 3.01. The van der Waals surface area contributed by atoms with E-state index in [0.717, 1.165) is 17.7 Å². The summed E-state index contributed by atoms with van der Waals surface area (Å²) in [7, 11) is 0. The lowest BCUT2D eigenvalue weighted by Crippen LogP contribution is -2.37. The van der Waals surface area contributed by atoms with Crippen molar-refractivity contribution in [3.05, 3.63) is 60.2 Å². The average molecular weight is 406 g/mol. The Morgan fingerprint density at radius 3 is 2.10 bits per heavy atom. The van der Waals surface area contributed by atoms with Gasteiger partial charge in [-0.15, -0.1) is 0 Å². The highest BCUT2D eigenvalue weighted by Crippen LogP contribution is 2.37. The molecule has 2 fully saturated rings. The first kappa shape index (κ1) is 19.8. The summed E-state index contributed by atoms with van der Waals surface area (Å²) < 4.78 is 5.27. The normalized spacial score (nSPS) is 20.6. The van der Waals surface area contributed by atoms with Crippen molar-refractivity contribution in [2.45, 2.75) is 25.7 Å². The largest absolute Gasteiger partial charge is 0.425 e. The molecule has 30 heavy (non-hydrogen) atoms. The fraction of sp³-hybridized carbons (Fsp3) is 0.304. The molecule has 4 rings (SSSR count). The second-order valence-electron chi connectivity index (χ2n) is 7.58. The topological polar surface area (TPSA) is 92.8 Å². The molecule has 7 heteroatoms. The van der Waals surface area contributed by atoms with Gasteiger partial charge in [-0.2, -0.15) is 0 Å². The molecule has 0 radical (unpaired) electrons. The summed E-state index contributed by atoms with van der Waals surface area (Å²) in [6.07, 6.45) is 3.28. The van der Waals surface area contributed by atoms with E-state index in [0.29, 0.717) is 24.1 Å². The van der Waals surface area contributed by atoms with Gasteiger partial charge >= 0.3 is 5.97 Å². The molecule has 2 aliphatic rings. The number of hydrogen-bond acceptors (Lipinski definition) is 5. The fourth-order valence-corrected chi connectivity index (χ4v) is 4.08. The van der Waals surface area contributed by atoms with Crippen molar-refractivity contribution in [2.24, 2.45) is 11.8 Å². The van der Waals surface area contributed by atoms with Crippen molar-refractivity contribution in [2.75, 3.05) is 11.9 Å². The van der Waals surface area contributed by atoms with Crippen molar-refractivity contribution < 1.29 is 23.9 Å². The molecule has 1 N–H and O–H groups in total. The van der Waals surface area contributed by atoms with E-state index in [1.54, 1.807) is 48.5 Å². The maximum absolute atomic E-state index is 12.5. The van der Waals surface area contributed by atoms with Crippen LogP contribution in [0.5, 0.6) is 5.75 Å². The number of anilines is 1. The Morgan fingerprint density at radius 1 is 0.900 bits per heavy atom. The van der Waals surface area contributed by atoms with Crippen LogP contribution in [0.3, 0.4) is 0 Å². The molecular formula is C23H22N2O5. The molecule has 2 aromatic carbocycles. The van der Waals surface area contributed by atoms with Gasteiger partial charge < -0.3 is 10.1 Å². The number of carbonyl (C=O) groups is 4. The maximum atomic E-state index is 12.5. The predicted octanol–water partition coefficient (Wildman–Crippen LogP) is 3.02. The van der Waals surface area contributed by atoms with Gasteiger partial charge in [0.1, 0.15) is 12.3 Å². The van der Waals surface area contributed by atoms with Gasteiger partial charge in [-0.05, 0) is 49.2 Å². The van der Waals surface area contributed by atoms with Gasteiger partial charge in [-0.3, -0.25) is 19.3 Å². The molecule has 154 valence electrons. The molecule has 3 amide bonds. The van der Waals surface area contributed by atoms with Gasteiger partial charge in [0.25, 0.3) is 5.91 Å². The molecule has 1 heterocycles. The molecule has 7 nitrogen and oxygen atoms in total. The third-order valence-electron chi connectivity index (χ3n) is 5.60. The molecule has 0 spiro atoms. The van der Waals surface area contributed by atoms with Gasteiger partial charge in [0.15, 0.2) is 0 Å². The number of nitrogens with zero attached hydrogens (tertiary/aromatic N) is 1. The van der Waals surface area contributed by atoms with Crippen LogP contribution in [0.1, 0.15) is 36.0 Å². The van der Waals surface area contributed by atoms with E-state index >= 15 is 0 Å². The Morgan fingerprint density at radius 2 is 1.50 bits per heavy atom. The highest BCUT2D eigenvalue weighted by atomic mass is 16.5. The van der Waals surface area contributed by atoms with E-state index in [2.05, 4.69) is 5.32 Å². The second-order valence-corrected chi connectivity index (χ2v) is 7.58. The minimum absolute atomic E-state index is 0.243. The van der Waals surface area contributed by atoms with Gasteiger partial charge in [0.05, 0.1) is 11.8 Å². The van der Waals surface area contributed by atoms with Crippen molar-refractivity contribution in [3.63, 3.8) is 0 Å². The number of esters is 1. The number of amides is 3. The molecular weight excluding hydrogens is 384 g/mol. The number of fused-ring (bicyclic) bond motifs is 1. The van der Waals surface area contributed by atoms with Gasteiger partial charge in [0.2, 0.25) is 11.8 Å². The third kappa shape index (κ3) is 4.10. The Labute approximate surface area is 174 Å². The van der Waals surface area contributed by atoms with E-state index in [1.165, 1.54) is 0 Å². The molecule has 1 aliphatic carbocycles. The number of rotatable bonds is 5. The number of ether oxygens (including phenoxy) is 1. The zero-order valence-electron chi connectivity index (χ0n) is 16.4. The number of likely N-dealkylation sites (tertiary alicyclic amines) is 1. The van der Waals surface area contributed by atoms with Crippen LogP contribution in [0.2, 0.25) is 0 Å². The van der Waals surface area contributed by atoms with Crippen molar-refractivity contribution in [3.8, 4) is 5.75 Å². The Balaban J connectivity index is 1.33. The highest BCUT2D eigenvalue weighted by Gasteiger charge is 2.48. The minimum atomic E-state index is -0.670. The lowest BCUT2D eigenvalue weighted by atomic mass is 9.81. The predicted molar refractivity (Wildman–Crippen MR) is 109 cm³/mol. The van der Waals surface area contributed by atoms with Gasteiger partial charge in [0, 0.05) is 11.3 Å². The number of imide groups is 1. The molecule has 1 saturated heterocycles. The lowest BCUT2D eigenvalue weighted by Gasteiger charge is -2.19. The first-order valence-electron chi connectivity index (χ1n) is 10.1. The summed E-state index contributed by atoms with van der Waals surface area (Å²) in [5.74, 6) is -1.74. The summed E-state index contributed by atoms with van der Waals surface area (Å²) >= 11 is 0. The van der Waals surface area contributed by atoms with E-state index in [9.17, 15) is 19.2 Å². The second kappa shape index (κ2) is 8.49. The number of hydrogen-bond donors (Lipinski definition) is 1. The number of carbonyl (C=O) groups excluding carboxylic acids is 4. The van der Waals surface area contributed by atoms with Crippen molar-refractivity contribution in [1.29, 1.82) is 0 Å². The highest BCUT2D eigenvalue weighted by molar-refractivity contribution is 6.07. The van der Waals surface area contributed by atoms with Crippen LogP contribution in [0.4, 0.5) is 5.69 Å². The fourth-order valence-electron chi connectivity index (χ4n) is 4.08. The summed E-state index contributed by atoms with van der Waals surface area (Å²) in [6.45, 7) is -0.378. The van der Waals surface area contributed by atoms with Crippen LogP contribution in [0, 0.1) is 11.8 Å². The number of benzene rings is 2. The van der Waals surface area contributed by atoms with Crippen LogP contribution in [0.15, 0.2) is 54.6 Å². The maximum Gasteiger partial charge on any atom is 0.331 e. The molecule has 2 atom stereocenters.